The van der Waals surface area contributed by atoms with Crippen molar-refractivity contribution in [3.63, 3.8) is 0 Å². The fraction of sp³-hybridized carbons (Fsp3) is 0.333. The van der Waals surface area contributed by atoms with Crippen LogP contribution in [0.4, 0.5) is 0 Å². The zero-order valence-corrected chi connectivity index (χ0v) is 13.2. The summed E-state index contributed by atoms with van der Waals surface area (Å²) < 4.78 is 23.7. The molecule has 0 atom stereocenters. The van der Waals surface area contributed by atoms with Gasteiger partial charge >= 0.3 is 0 Å². The first-order valence-corrected chi connectivity index (χ1v) is 8.77. The molecule has 6 nitrogen and oxygen atoms in total. The highest BCUT2D eigenvalue weighted by Crippen LogP contribution is 2.21. The van der Waals surface area contributed by atoms with Gasteiger partial charge in [0.1, 0.15) is 0 Å². The quantitative estimate of drug-likeness (QED) is 0.782. The molecule has 0 N–H and O–H groups in total. The molecule has 1 aromatic carbocycles. The van der Waals surface area contributed by atoms with Crippen molar-refractivity contribution in [1.82, 2.24) is 10.0 Å². The van der Waals surface area contributed by atoms with Gasteiger partial charge in [0.05, 0.1) is 10.5 Å². The van der Waals surface area contributed by atoms with Crippen molar-refractivity contribution in [2.75, 3.05) is 19.3 Å². The summed E-state index contributed by atoms with van der Waals surface area (Å²) in [7, 11) is -3.52. The fourth-order valence-electron chi connectivity index (χ4n) is 2.42. The first-order chi connectivity index (χ1) is 10.4. The molecule has 0 bridgehead atoms. The van der Waals surface area contributed by atoms with Gasteiger partial charge in [-0.2, -0.15) is 0 Å². The van der Waals surface area contributed by atoms with Gasteiger partial charge in [-0.25, -0.2) is 13.4 Å². The molecule has 2 amide bonds. The van der Waals surface area contributed by atoms with Gasteiger partial charge in [0.25, 0.3) is 5.91 Å². The van der Waals surface area contributed by atoms with Crippen molar-refractivity contribution in [1.29, 1.82) is 0 Å². The van der Waals surface area contributed by atoms with Crippen LogP contribution in [0.2, 0.25) is 0 Å². The molecule has 1 aromatic rings. The largest absolute Gasteiger partial charge is 0.273 e. The van der Waals surface area contributed by atoms with Crippen LogP contribution in [0.3, 0.4) is 0 Å². The maximum atomic E-state index is 12.7. The zero-order chi connectivity index (χ0) is 16.3. The lowest BCUT2D eigenvalue weighted by Gasteiger charge is -2.28. The molecule has 0 spiro atoms. The van der Waals surface area contributed by atoms with Crippen molar-refractivity contribution >= 4 is 21.7 Å². The summed E-state index contributed by atoms with van der Waals surface area (Å²) in [6.07, 6.45) is 3.34. The summed E-state index contributed by atoms with van der Waals surface area (Å²) in [5.41, 5.74) is 0.0864. The lowest BCUT2D eigenvalue weighted by Crippen LogP contribution is -2.45. The summed E-state index contributed by atoms with van der Waals surface area (Å²) in [6.45, 7) is 4.35. The van der Waals surface area contributed by atoms with Gasteiger partial charge in [-0.1, -0.05) is 18.2 Å². The van der Waals surface area contributed by atoms with Gasteiger partial charge < -0.3 is 0 Å². The molecule has 0 saturated carbocycles. The highest BCUT2D eigenvalue weighted by Gasteiger charge is 2.32. The number of hydrogen-bond acceptors (Lipinski definition) is 4. The number of amides is 2. The third kappa shape index (κ3) is 3.19. The van der Waals surface area contributed by atoms with Gasteiger partial charge in [0.15, 0.2) is 9.84 Å². The topological polar surface area (TPSA) is 74.8 Å². The van der Waals surface area contributed by atoms with E-state index in [-0.39, 0.29) is 22.8 Å². The van der Waals surface area contributed by atoms with E-state index in [1.165, 1.54) is 28.2 Å². The minimum absolute atomic E-state index is 0.0250. The summed E-state index contributed by atoms with van der Waals surface area (Å²) >= 11 is 0. The molecule has 2 rings (SSSR count). The van der Waals surface area contributed by atoms with Crippen molar-refractivity contribution < 1.29 is 18.0 Å². The minimum Gasteiger partial charge on any atom is -0.273 e. The Morgan fingerprint density at radius 3 is 2.50 bits per heavy atom. The Balaban J connectivity index is 2.36. The van der Waals surface area contributed by atoms with Crippen LogP contribution in [0, 0.1) is 0 Å². The van der Waals surface area contributed by atoms with E-state index in [1.54, 1.807) is 12.1 Å². The Morgan fingerprint density at radius 1 is 1.23 bits per heavy atom. The molecule has 1 aliphatic heterocycles. The van der Waals surface area contributed by atoms with Crippen LogP contribution < -0.4 is 0 Å². The van der Waals surface area contributed by atoms with Crippen LogP contribution in [0.1, 0.15) is 23.2 Å². The molecule has 0 unspecified atom stereocenters. The average molecular weight is 322 g/mol. The van der Waals surface area contributed by atoms with Crippen LogP contribution in [0.15, 0.2) is 41.8 Å². The number of rotatable bonds is 4. The lowest BCUT2D eigenvalue weighted by molar-refractivity contribution is -0.139. The van der Waals surface area contributed by atoms with Gasteiger partial charge in [-0.05, 0) is 18.6 Å². The third-order valence-electron chi connectivity index (χ3n) is 3.39. The molecule has 0 aromatic heterocycles. The molecule has 1 aliphatic rings. The zero-order valence-electron chi connectivity index (χ0n) is 12.4. The minimum atomic E-state index is -3.52. The maximum Gasteiger partial charge on any atom is 0.273 e. The number of hydrogen-bond donors (Lipinski definition) is 0. The van der Waals surface area contributed by atoms with Gasteiger partial charge in [-0.3, -0.25) is 14.6 Å². The lowest BCUT2D eigenvalue weighted by atomic mass is 10.2. The number of sulfone groups is 1. The monoisotopic (exact) mass is 322 g/mol. The predicted octanol–water partition coefficient (Wildman–Crippen LogP) is 1.26. The highest BCUT2D eigenvalue weighted by molar-refractivity contribution is 7.90. The molecule has 22 heavy (non-hydrogen) atoms. The molecule has 7 heteroatoms. The van der Waals surface area contributed by atoms with Crippen molar-refractivity contribution in [3.8, 4) is 0 Å². The molecule has 1 saturated heterocycles. The van der Waals surface area contributed by atoms with Crippen LogP contribution in [-0.2, 0) is 14.6 Å². The maximum absolute atomic E-state index is 12.7. The SMILES string of the molecule is C=CCC(=O)N1CCCN1C(=O)c1ccccc1S(C)(=O)=O. The fourth-order valence-corrected chi connectivity index (χ4v) is 3.30. The van der Waals surface area contributed by atoms with Gasteiger partial charge in [0.2, 0.25) is 5.91 Å². The van der Waals surface area contributed by atoms with E-state index in [1.807, 2.05) is 0 Å². The van der Waals surface area contributed by atoms with E-state index < -0.39 is 15.7 Å². The standard InChI is InChI=1S/C15H18N2O4S/c1-3-7-14(18)16-10-6-11-17(16)15(19)12-8-4-5-9-13(12)22(2,20)21/h3-5,8-9H,1,6-7,10-11H2,2H3. The molecule has 1 fully saturated rings. The summed E-state index contributed by atoms with van der Waals surface area (Å²) in [6, 6.07) is 6.04. The third-order valence-corrected chi connectivity index (χ3v) is 4.54. The van der Waals surface area contributed by atoms with Crippen LogP contribution in [-0.4, -0.2) is 49.6 Å². The number of carbonyl (C=O) groups excluding carboxylic acids is 2. The second kappa shape index (κ2) is 6.31. The number of benzene rings is 1. The number of hydrazine groups is 1. The Hall–Kier alpha value is -2.15. The Kier molecular flexibility index (Phi) is 4.65. The van der Waals surface area contributed by atoms with E-state index in [9.17, 15) is 18.0 Å². The Bertz CT molecular complexity index is 712. The predicted molar refractivity (Wildman–Crippen MR) is 81.7 cm³/mol. The normalized spacial score (nSPS) is 15.0. The van der Waals surface area contributed by atoms with Crippen LogP contribution in [0.5, 0.6) is 0 Å². The second-order valence-electron chi connectivity index (χ2n) is 5.06. The first kappa shape index (κ1) is 16.2. The average Bonchev–Trinajstić information content (AvgIpc) is 2.95. The van der Waals surface area contributed by atoms with Gasteiger partial charge in [0, 0.05) is 25.8 Å². The van der Waals surface area contributed by atoms with Crippen molar-refractivity contribution in [2.24, 2.45) is 0 Å². The number of carbonyl (C=O) groups is 2. The first-order valence-electron chi connectivity index (χ1n) is 6.88. The van der Waals surface area contributed by atoms with E-state index >= 15 is 0 Å². The summed E-state index contributed by atoms with van der Waals surface area (Å²) in [4.78, 5) is 24.7. The smallest absolute Gasteiger partial charge is 0.273 e. The van der Waals surface area contributed by atoms with E-state index in [4.69, 9.17) is 0 Å². The Labute approximate surface area is 129 Å². The number of nitrogens with zero attached hydrogens (tertiary/aromatic N) is 2. The molecule has 1 heterocycles. The summed E-state index contributed by atoms with van der Waals surface area (Å²) in [5, 5.41) is 2.68. The second-order valence-corrected chi connectivity index (χ2v) is 7.04. The van der Waals surface area contributed by atoms with Crippen molar-refractivity contribution in [3.05, 3.63) is 42.5 Å². The Morgan fingerprint density at radius 2 is 1.86 bits per heavy atom. The molecule has 0 radical (unpaired) electrons. The molecular weight excluding hydrogens is 304 g/mol. The van der Waals surface area contributed by atoms with E-state index in [0.29, 0.717) is 19.5 Å². The molecule has 118 valence electrons. The van der Waals surface area contributed by atoms with E-state index in [2.05, 4.69) is 6.58 Å². The van der Waals surface area contributed by atoms with Crippen LogP contribution >= 0.6 is 0 Å². The highest BCUT2D eigenvalue weighted by atomic mass is 32.2. The molecular formula is C15H18N2O4S. The van der Waals surface area contributed by atoms with Crippen LogP contribution in [0.25, 0.3) is 0 Å². The van der Waals surface area contributed by atoms with Crippen molar-refractivity contribution in [2.45, 2.75) is 17.7 Å². The molecule has 0 aliphatic carbocycles. The summed E-state index contributed by atoms with van der Waals surface area (Å²) in [5.74, 6) is -0.700. The van der Waals surface area contributed by atoms with E-state index in [0.717, 1.165) is 6.26 Å². The van der Waals surface area contributed by atoms with Gasteiger partial charge in [-0.15, -0.1) is 6.58 Å².